The number of aryl methyl sites for hydroxylation is 1. The summed E-state index contributed by atoms with van der Waals surface area (Å²) < 4.78 is 36.1. The van der Waals surface area contributed by atoms with Crippen molar-refractivity contribution in [1.29, 1.82) is 0 Å². The Morgan fingerprint density at radius 2 is 1.76 bits per heavy atom. The Morgan fingerprint density at radius 3 is 2.41 bits per heavy atom. The maximum Gasteiger partial charge on any atom is 0.495 e. The molecule has 2 rings (SSSR count). The van der Waals surface area contributed by atoms with Gasteiger partial charge in [0.05, 0.1) is 6.42 Å². The summed E-state index contributed by atoms with van der Waals surface area (Å²) in [6, 6.07) is 7.91. The number of halogens is 3. The van der Waals surface area contributed by atoms with Crippen LogP contribution in [0, 0.1) is 5.92 Å². The molecule has 0 bridgehead atoms. The van der Waals surface area contributed by atoms with Gasteiger partial charge in [-0.3, -0.25) is 0 Å². The van der Waals surface area contributed by atoms with Gasteiger partial charge in [-0.25, -0.2) is 19.4 Å². The molecule has 0 saturated heterocycles. The predicted molar refractivity (Wildman–Crippen MR) is 100 cm³/mol. The maximum absolute atomic E-state index is 12.0. The molecular weight excluding hydrogens is 387 g/mol. The molecule has 1 aliphatic carbocycles. The molecule has 0 amide bonds. The first-order valence-corrected chi connectivity index (χ1v) is 10.0. The third kappa shape index (κ3) is 8.43. The second-order valence-electron chi connectivity index (χ2n) is 7.61. The average Bonchev–Trinajstić information content (AvgIpc) is 2.69. The minimum Gasteiger partial charge on any atom is -0.310 e. The van der Waals surface area contributed by atoms with Gasteiger partial charge in [0.2, 0.25) is 0 Å². The zero-order chi connectivity index (χ0) is 21.3. The van der Waals surface area contributed by atoms with Crippen LogP contribution >= 0.6 is 0 Å². The normalized spacial score (nSPS) is 16.3. The van der Waals surface area contributed by atoms with Crippen molar-refractivity contribution in [2.45, 2.75) is 77.1 Å². The largest absolute Gasteiger partial charge is 0.495 e. The zero-order valence-electron chi connectivity index (χ0n) is 16.6. The third-order valence-electron chi connectivity index (χ3n) is 5.21. The van der Waals surface area contributed by atoms with Crippen LogP contribution in [-0.2, 0) is 32.3 Å². The Kier molecular flexibility index (Phi) is 8.95. The van der Waals surface area contributed by atoms with Crippen LogP contribution in [0.2, 0.25) is 0 Å². The van der Waals surface area contributed by atoms with Gasteiger partial charge >= 0.3 is 18.1 Å². The van der Waals surface area contributed by atoms with E-state index in [1.807, 2.05) is 24.3 Å². The van der Waals surface area contributed by atoms with Crippen molar-refractivity contribution >= 4 is 11.9 Å². The highest BCUT2D eigenvalue weighted by Gasteiger charge is 2.43. The van der Waals surface area contributed by atoms with E-state index in [9.17, 15) is 22.8 Å². The van der Waals surface area contributed by atoms with E-state index >= 15 is 0 Å². The molecule has 1 unspecified atom stereocenters. The van der Waals surface area contributed by atoms with Crippen LogP contribution in [0.1, 0.15) is 63.0 Å². The van der Waals surface area contributed by atoms with Gasteiger partial charge < -0.3 is 5.32 Å². The molecule has 162 valence electrons. The van der Waals surface area contributed by atoms with Gasteiger partial charge in [-0.15, -0.1) is 0 Å². The number of carbonyl (C=O) groups excluding carboxylic acids is 2. The zero-order valence-corrected chi connectivity index (χ0v) is 16.6. The highest BCUT2D eigenvalue weighted by molar-refractivity contribution is 5.77. The molecule has 0 spiro atoms. The Bertz CT molecular complexity index is 672. The van der Waals surface area contributed by atoms with Crippen LogP contribution in [0.3, 0.4) is 0 Å². The van der Waals surface area contributed by atoms with E-state index in [0.29, 0.717) is 12.6 Å². The fourth-order valence-corrected chi connectivity index (χ4v) is 3.67. The molecule has 29 heavy (non-hydrogen) atoms. The number of hydrogen-bond acceptors (Lipinski definition) is 5. The Labute approximate surface area is 168 Å². The number of rotatable bonds is 8. The molecule has 1 N–H and O–H groups in total. The molecule has 5 nitrogen and oxygen atoms in total. The number of nitrogens with one attached hydrogen (secondary N) is 1. The maximum atomic E-state index is 12.0. The number of hydrogen-bond donors (Lipinski definition) is 1. The van der Waals surface area contributed by atoms with E-state index in [0.717, 1.165) is 23.5 Å². The fourth-order valence-electron chi connectivity index (χ4n) is 3.67. The highest BCUT2D eigenvalue weighted by atomic mass is 19.4. The lowest BCUT2D eigenvalue weighted by Crippen LogP contribution is -2.29. The van der Waals surface area contributed by atoms with Crippen molar-refractivity contribution in [3.8, 4) is 0 Å². The topological polar surface area (TPSA) is 64.6 Å². The Hall–Kier alpha value is -2.09. The number of benzene rings is 1. The molecular formula is C21H28F3NO4. The summed E-state index contributed by atoms with van der Waals surface area (Å²) in [7, 11) is 0. The molecule has 1 aromatic carbocycles. The van der Waals surface area contributed by atoms with Gasteiger partial charge in [0.25, 0.3) is 0 Å². The first-order valence-electron chi connectivity index (χ1n) is 10.0. The third-order valence-corrected chi connectivity index (χ3v) is 5.21. The van der Waals surface area contributed by atoms with E-state index in [-0.39, 0.29) is 12.8 Å². The summed E-state index contributed by atoms with van der Waals surface area (Å²) >= 11 is 0. The van der Waals surface area contributed by atoms with E-state index < -0.39 is 18.1 Å². The van der Waals surface area contributed by atoms with Crippen molar-refractivity contribution in [2.24, 2.45) is 5.92 Å². The average molecular weight is 415 g/mol. The standard InChI is InChI=1S/C21H28F3NO4/c1-15(13-16-7-3-2-4-8-16)25-14-18-10-6-5-9-17(18)11-12-19(26)28-29-20(27)21(22,23)24/h5-6,9-10,15-16,25H,2-4,7-8,11-14H2,1H3. The summed E-state index contributed by atoms with van der Waals surface area (Å²) in [4.78, 5) is 29.6. The molecule has 0 radical (unpaired) electrons. The molecule has 1 atom stereocenters. The van der Waals surface area contributed by atoms with Crippen LogP contribution < -0.4 is 5.32 Å². The minimum absolute atomic E-state index is 0.195. The lowest BCUT2D eigenvalue weighted by Gasteiger charge is -2.25. The predicted octanol–water partition coefficient (Wildman–Crippen LogP) is 4.63. The van der Waals surface area contributed by atoms with Crippen molar-refractivity contribution in [3.05, 3.63) is 35.4 Å². The summed E-state index contributed by atoms with van der Waals surface area (Å²) in [5.74, 6) is -2.81. The van der Waals surface area contributed by atoms with Gasteiger partial charge in [0, 0.05) is 12.6 Å². The van der Waals surface area contributed by atoms with Crippen molar-refractivity contribution in [1.82, 2.24) is 5.32 Å². The smallest absolute Gasteiger partial charge is 0.310 e. The van der Waals surface area contributed by atoms with Gasteiger partial charge in [0.1, 0.15) is 0 Å². The Balaban J connectivity index is 1.77. The van der Waals surface area contributed by atoms with Crippen molar-refractivity contribution in [2.75, 3.05) is 0 Å². The molecule has 0 heterocycles. The molecule has 1 aliphatic rings. The lowest BCUT2D eigenvalue weighted by molar-refractivity contribution is -0.285. The van der Waals surface area contributed by atoms with Crippen LogP contribution in [-0.4, -0.2) is 24.2 Å². The Morgan fingerprint density at radius 1 is 1.10 bits per heavy atom. The summed E-state index contributed by atoms with van der Waals surface area (Å²) in [5.41, 5.74) is 1.91. The molecule has 1 aromatic rings. The minimum atomic E-state index is -5.20. The fraction of sp³-hybridized carbons (Fsp3) is 0.619. The summed E-state index contributed by atoms with van der Waals surface area (Å²) in [6.45, 7) is 2.81. The van der Waals surface area contributed by atoms with Crippen LogP contribution in [0.4, 0.5) is 13.2 Å². The van der Waals surface area contributed by atoms with Crippen LogP contribution in [0.5, 0.6) is 0 Å². The van der Waals surface area contributed by atoms with Crippen LogP contribution in [0.15, 0.2) is 24.3 Å². The number of carbonyl (C=O) groups is 2. The molecule has 1 fully saturated rings. The molecule has 0 aliphatic heterocycles. The van der Waals surface area contributed by atoms with E-state index in [2.05, 4.69) is 22.0 Å². The van der Waals surface area contributed by atoms with E-state index in [4.69, 9.17) is 0 Å². The van der Waals surface area contributed by atoms with Gasteiger partial charge in [-0.1, -0.05) is 56.4 Å². The monoisotopic (exact) mass is 415 g/mol. The summed E-state index contributed by atoms with van der Waals surface area (Å²) in [5, 5.41) is 3.52. The number of alkyl halides is 3. The quantitative estimate of drug-likeness (QED) is 0.495. The van der Waals surface area contributed by atoms with Gasteiger partial charge in [0.15, 0.2) is 0 Å². The van der Waals surface area contributed by atoms with Gasteiger partial charge in [-0.05, 0) is 36.8 Å². The second-order valence-corrected chi connectivity index (χ2v) is 7.61. The molecule has 8 heteroatoms. The van der Waals surface area contributed by atoms with E-state index in [1.165, 1.54) is 32.1 Å². The van der Waals surface area contributed by atoms with Crippen LogP contribution in [0.25, 0.3) is 0 Å². The van der Waals surface area contributed by atoms with Crippen molar-refractivity contribution in [3.63, 3.8) is 0 Å². The molecule has 1 saturated carbocycles. The first-order chi connectivity index (χ1) is 13.8. The van der Waals surface area contributed by atoms with E-state index in [1.54, 1.807) is 0 Å². The second kappa shape index (κ2) is 11.2. The lowest BCUT2D eigenvalue weighted by atomic mass is 9.85. The van der Waals surface area contributed by atoms with Gasteiger partial charge in [-0.2, -0.15) is 13.2 Å². The molecule has 0 aromatic heterocycles. The SMILES string of the molecule is CC(CC1CCCCC1)NCc1ccccc1CCC(=O)OOC(=O)C(F)(F)F. The van der Waals surface area contributed by atoms with Crippen molar-refractivity contribution < 1.29 is 32.5 Å². The first kappa shape index (κ1) is 23.2. The highest BCUT2D eigenvalue weighted by Crippen LogP contribution is 2.27. The summed E-state index contributed by atoms with van der Waals surface area (Å²) in [6.07, 6.45) is 2.57.